The molecule has 2 fully saturated rings. The number of ether oxygens (including phenoxy) is 1. The molecule has 0 radical (unpaired) electrons. The second kappa shape index (κ2) is 5.43. The number of sulfonamides is 1. The third-order valence-corrected chi connectivity index (χ3v) is 6.84. The van der Waals surface area contributed by atoms with Crippen LogP contribution in [0.15, 0.2) is 6.20 Å². The Kier molecular flexibility index (Phi) is 3.54. The number of hydrogen-bond acceptors (Lipinski definition) is 6. The molecule has 4 rings (SSSR count). The van der Waals surface area contributed by atoms with Crippen LogP contribution in [0.25, 0.3) is 0 Å². The maximum atomic E-state index is 12.4. The number of rotatable bonds is 3. The Morgan fingerprint density at radius 3 is 2.68 bits per heavy atom. The molecule has 22 heavy (non-hydrogen) atoms. The molecule has 0 unspecified atom stereocenters. The molecule has 1 saturated carbocycles. The predicted molar refractivity (Wildman–Crippen MR) is 81.1 cm³/mol. The van der Waals surface area contributed by atoms with Gasteiger partial charge in [0, 0.05) is 25.8 Å². The molecule has 3 heterocycles. The van der Waals surface area contributed by atoms with Gasteiger partial charge in [-0.05, 0) is 24.8 Å². The SMILES string of the molecule is O=S(=O)(C1CC1)N1CCc2cnc(N3CCOCC3)nc2C1. The van der Waals surface area contributed by atoms with Gasteiger partial charge >= 0.3 is 0 Å². The fraction of sp³-hybridized carbons (Fsp3) is 0.714. The minimum absolute atomic E-state index is 0.158. The maximum Gasteiger partial charge on any atom is 0.225 e. The Hall–Kier alpha value is -1.25. The van der Waals surface area contributed by atoms with Crippen molar-refractivity contribution in [3.63, 3.8) is 0 Å². The van der Waals surface area contributed by atoms with Crippen LogP contribution in [0.2, 0.25) is 0 Å². The maximum absolute atomic E-state index is 12.4. The lowest BCUT2D eigenvalue weighted by Crippen LogP contribution is -2.40. The molecule has 3 aliphatic rings. The quantitative estimate of drug-likeness (QED) is 0.789. The highest BCUT2D eigenvalue weighted by molar-refractivity contribution is 7.90. The molecule has 8 heteroatoms. The minimum Gasteiger partial charge on any atom is -0.378 e. The molecule has 1 aromatic rings. The van der Waals surface area contributed by atoms with E-state index in [1.165, 1.54) is 0 Å². The third kappa shape index (κ3) is 2.59. The molecular weight excluding hydrogens is 304 g/mol. The van der Waals surface area contributed by atoms with Gasteiger partial charge in [0.15, 0.2) is 0 Å². The molecule has 7 nitrogen and oxygen atoms in total. The van der Waals surface area contributed by atoms with Crippen molar-refractivity contribution in [3.8, 4) is 0 Å². The summed E-state index contributed by atoms with van der Waals surface area (Å²) < 4.78 is 31.7. The van der Waals surface area contributed by atoms with Crippen LogP contribution in [0.3, 0.4) is 0 Å². The van der Waals surface area contributed by atoms with Gasteiger partial charge in [0.1, 0.15) is 0 Å². The molecule has 120 valence electrons. The van der Waals surface area contributed by atoms with Gasteiger partial charge in [0.2, 0.25) is 16.0 Å². The van der Waals surface area contributed by atoms with E-state index in [9.17, 15) is 8.42 Å². The van der Waals surface area contributed by atoms with Crippen LogP contribution in [0.1, 0.15) is 24.1 Å². The van der Waals surface area contributed by atoms with Crippen molar-refractivity contribution in [1.29, 1.82) is 0 Å². The van der Waals surface area contributed by atoms with E-state index in [2.05, 4.69) is 14.9 Å². The van der Waals surface area contributed by atoms with Crippen LogP contribution in [-0.4, -0.2) is 60.8 Å². The first-order valence-electron chi connectivity index (χ1n) is 7.81. The summed E-state index contributed by atoms with van der Waals surface area (Å²) in [6.45, 7) is 3.86. The Morgan fingerprint density at radius 2 is 1.95 bits per heavy atom. The standard InChI is InChI=1S/C14H20N4O3S/c19-22(20,12-1-2-12)18-4-3-11-9-15-14(16-13(11)10-18)17-5-7-21-8-6-17/h9,12H,1-8,10H2. The van der Waals surface area contributed by atoms with Crippen molar-refractivity contribution >= 4 is 16.0 Å². The number of hydrogen-bond donors (Lipinski definition) is 0. The normalized spacial score (nSPS) is 23.4. The second-order valence-electron chi connectivity index (χ2n) is 6.07. The Labute approximate surface area is 130 Å². The Morgan fingerprint density at radius 1 is 1.18 bits per heavy atom. The summed E-state index contributed by atoms with van der Waals surface area (Å²) in [6.07, 6.45) is 4.15. The fourth-order valence-corrected chi connectivity index (χ4v) is 4.78. The highest BCUT2D eigenvalue weighted by Crippen LogP contribution is 2.33. The summed E-state index contributed by atoms with van der Waals surface area (Å²) in [6, 6.07) is 0. The van der Waals surface area contributed by atoms with E-state index in [1.807, 2.05) is 6.20 Å². The van der Waals surface area contributed by atoms with E-state index in [0.29, 0.717) is 38.7 Å². The molecule has 0 bridgehead atoms. The van der Waals surface area contributed by atoms with Crippen LogP contribution < -0.4 is 4.90 Å². The van der Waals surface area contributed by atoms with E-state index in [-0.39, 0.29) is 5.25 Å². The molecule has 0 N–H and O–H groups in total. The summed E-state index contributed by atoms with van der Waals surface area (Å²) in [5.74, 6) is 0.688. The number of fused-ring (bicyclic) bond motifs is 1. The highest BCUT2D eigenvalue weighted by Gasteiger charge is 2.41. The lowest BCUT2D eigenvalue weighted by atomic mass is 10.1. The van der Waals surface area contributed by atoms with Gasteiger partial charge in [0.05, 0.1) is 30.7 Å². The van der Waals surface area contributed by atoms with Crippen LogP contribution in [0.4, 0.5) is 5.95 Å². The summed E-state index contributed by atoms with van der Waals surface area (Å²) in [4.78, 5) is 11.2. The molecule has 1 saturated heterocycles. The lowest BCUT2D eigenvalue weighted by Gasteiger charge is -2.30. The Bertz CT molecular complexity index is 669. The van der Waals surface area contributed by atoms with Crippen LogP contribution in [-0.2, 0) is 27.7 Å². The second-order valence-corrected chi connectivity index (χ2v) is 8.28. The van der Waals surface area contributed by atoms with E-state index in [0.717, 1.165) is 37.2 Å². The molecule has 1 aliphatic carbocycles. The first kappa shape index (κ1) is 14.3. The van der Waals surface area contributed by atoms with Gasteiger partial charge in [0.25, 0.3) is 0 Å². The first-order chi connectivity index (χ1) is 10.6. The first-order valence-corrected chi connectivity index (χ1v) is 9.31. The smallest absolute Gasteiger partial charge is 0.225 e. The monoisotopic (exact) mass is 324 g/mol. The third-order valence-electron chi connectivity index (χ3n) is 4.50. The topological polar surface area (TPSA) is 75.6 Å². The van der Waals surface area contributed by atoms with Gasteiger partial charge in [-0.25, -0.2) is 18.4 Å². The number of morpholine rings is 1. The molecule has 0 amide bonds. The average molecular weight is 324 g/mol. The zero-order valence-electron chi connectivity index (χ0n) is 12.4. The van der Waals surface area contributed by atoms with Gasteiger partial charge < -0.3 is 9.64 Å². The molecule has 0 aromatic carbocycles. The minimum atomic E-state index is -3.13. The predicted octanol–water partition coefficient (Wildman–Crippen LogP) is 0.164. The average Bonchev–Trinajstić information content (AvgIpc) is 3.40. The lowest BCUT2D eigenvalue weighted by molar-refractivity contribution is 0.122. The van der Waals surface area contributed by atoms with Crippen molar-refractivity contribution in [2.45, 2.75) is 31.1 Å². The molecule has 0 atom stereocenters. The van der Waals surface area contributed by atoms with Crippen LogP contribution >= 0.6 is 0 Å². The largest absolute Gasteiger partial charge is 0.378 e. The summed E-state index contributed by atoms with van der Waals surface area (Å²) in [7, 11) is -3.13. The zero-order valence-corrected chi connectivity index (χ0v) is 13.3. The molecule has 0 spiro atoms. The van der Waals surface area contributed by atoms with Crippen molar-refractivity contribution < 1.29 is 13.2 Å². The summed E-state index contributed by atoms with van der Waals surface area (Å²) >= 11 is 0. The molecule has 1 aromatic heterocycles. The van der Waals surface area contributed by atoms with E-state index in [4.69, 9.17) is 4.74 Å². The fourth-order valence-electron chi connectivity index (χ4n) is 2.98. The molecule has 2 aliphatic heterocycles. The van der Waals surface area contributed by atoms with Gasteiger partial charge in [-0.1, -0.05) is 0 Å². The van der Waals surface area contributed by atoms with Crippen molar-refractivity contribution in [2.24, 2.45) is 0 Å². The summed E-state index contributed by atoms with van der Waals surface area (Å²) in [5.41, 5.74) is 1.92. The van der Waals surface area contributed by atoms with Gasteiger partial charge in [-0.2, -0.15) is 4.31 Å². The number of anilines is 1. The van der Waals surface area contributed by atoms with Gasteiger partial charge in [-0.15, -0.1) is 0 Å². The Balaban J connectivity index is 1.57. The van der Waals surface area contributed by atoms with Gasteiger partial charge in [-0.3, -0.25) is 0 Å². The van der Waals surface area contributed by atoms with E-state index < -0.39 is 10.0 Å². The molecular formula is C14H20N4O3S. The number of aromatic nitrogens is 2. The van der Waals surface area contributed by atoms with Crippen molar-refractivity contribution in [3.05, 3.63) is 17.5 Å². The van der Waals surface area contributed by atoms with E-state index in [1.54, 1.807) is 4.31 Å². The highest BCUT2D eigenvalue weighted by atomic mass is 32.2. The van der Waals surface area contributed by atoms with Crippen molar-refractivity contribution in [2.75, 3.05) is 37.7 Å². The summed E-state index contributed by atoms with van der Waals surface area (Å²) in [5, 5.41) is -0.158. The van der Waals surface area contributed by atoms with Crippen LogP contribution in [0.5, 0.6) is 0 Å². The number of nitrogens with zero attached hydrogens (tertiary/aromatic N) is 4. The van der Waals surface area contributed by atoms with Crippen molar-refractivity contribution in [1.82, 2.24) is 14.3 Å². The van der Waals surface area contributed by atoms with E-state index >= 15 is 0 Å². The zero-order chi connectivity index (χ0) is 15.2. The van der Waals surface area contributed by atoms with Crippen LogP contribution in [0, 0.1) is 0 Å².